The van der Waals surface area contributed by atoms with Gasteiger partial charge in [-0.1, -0.05) is 30.9 Å². The first-order chi connectivity index (χ1) is 7.86. The zero-order valence-corrected chi connectivity index (χ0v) is 10.3. The summed E-state index contributed by atoms with van der Waals surface area (Å²) in [6.07, 6.45) is 7.70. The zero-order valence-electron chi connectivity index (χ0n) is 9.51. The summed E-state index contributed by atoms with van der Waals surface area (Å²) in [6, 6.07) is 0.605. The monoisotopic (exact) mass is 239 g/mol. The molecule has 0 spiro atoms. The Morgan fingerprint density at radius 2 is 2.06 bits per heavy atom. The highest BCUT2D eigenvalue weighted by molar-refractivity contribution is 6.30. The fourth-order valence-corrected chi connectivity index (χ4v) is 3.22. The van der Waals surface area contributed by atoms with Crippen molar-refractivity contribution in [3.63, 3.8) is 0 Å². The lowest BCUT2D eigenvalue weighted by atomic mass is 9.95. The highest BCUT2D eigenvalue weighted by Gasteiger charge is 2.24. The molecule has 88 valence electrons. The van der Waals surface area contributed by atoms with Gasteiger partial charge in [0.1, 0.15) is 0 Å². The molecule has 1 aromatic rings. The maximum atomic E-state index is 6.21. The summed E-state index contributed by atoms with van der Waals surface area (Å²) < 4.78 is 2.23. The molecular weight excluding hydrogens is 222 g/mol. The fraction of sp³-hybridized carbons (Fsp3) is 0.750. The van der Waals surface area contributed by atoms with E-state index in [9.17, 15) is 0 Å². The molecule has 0 radical (unpaired) electrons. The highest BCUT2D eigenvalue weighted by atomic mass is 35.5. The van der Waals surface area contributed by atoms with Crippen LogP contribution in [-0.2, 0) is 13.0 Å². The van der Waals surface area contributed by atoms with Gasteiger partial charge in [0.05, 0.1) is 6.04 Å². The first-order valence-corrected chi connectivity index (χ1v) is 6.70. The fourth-order valence-electron chi connectivity index (χ4n) is 2.96. The van der Waals surface area contributed by atoms with Gasteiger partial charge < -0.3 is 5.32 Å². The Hall–Kier alpha value is -0.540. The molecule has 1 aromatic heterocycles. The Morgan fingerprint density at radius 1 is 1.25 bits per heavy atom. The molecule has 1 N–H and O–H groups in total. The Kier molecular flexibility index (Phi) is 2.90. The van der Waals surface area contributed by atoms with Crippen molar-refractivity contribution in [2.75, 3.05) is 6.54 Å². The van der Waals surface area contributed by atoms with E-state index >= 15 is 0 Å². The quantitative estimate of drug-likeness (QED) is 0.817. The maximum Gasteiger partial charge on any atom is 0.155 e. The first kappa shape index (κ1) is 10.6. The van der Waals surface area contributed by atoms with Gasteiger partial charge in [0.15, 0.2) is 5.15 Å². The normalized spacial score (nSPS) is 22.1. The molecule has 2 aliphatic rings. The van der Waals surface area contributed by atoms with Gasteiger partial charge in [0.25, 0.3) is 0 Å². The highest BCUT2D eigenvalue weighted by Crippen LogP contribution is 2.32. The van der Waals surface area contributed by atoms with Crippen LogP contribution in [-0.4, -0.2) is 16.3 Å². The molecule has 0 aromatic carbocycles. The number of halogens is 1. The average molecular weight is 240 g/mol. The number of hydrogen-bond donors (Lipinski definition) is 1. The molecule has 1 aliphatic heterocycles. The van der Waals surface area contributed by atoms with Gasteiger partial charge in [-0.2, -0.15) is 5.10 Å². The average Bonchev–Trinajstić information content (AvgIpc) is 2.69. The van der Waals surface area contributed by atoms with E-state index in [4.69, 9.17) is 11.6 Å². The van der Waals surface area contributed by atoms with E-state index in [2.05, 4.69) is 15.1 Å². The lowest BCUT2D eigenvalue weighted by molar-refractivity contribution is 0.320. The number of rotatable bonds is 1. The van der Waals surface area contributed by atoms with Crippen LogP contribution in [0.1, 0.15) is 49.4 Å². The number of fused-ring (bicyclic) bond motifs is 1. The standard InChI is InChI=1S/C12H18ClN3/c13-12-10-8-14-7-6-11(10)16(15-12)9-4-2-1-3-5-9/h9,14H,1-8H2. The van der Waals surface area contributed by atoms with Crippen LogP contribution in [0.4, 0.5) is 0 Å². The van der Waals surface area contributed by atoms with Crippen molar-refractivity contribution in [1.82, 2.24) is 15.1 Å². The molecule has 2 heterocycles. The van der Waals surface area contributed by atoms with Crippen LogP contribution in [0.25, 0.3) is 0 Å². The molecule has 3 rings (SSSR count). The van der Waals surface area contributed by atoms with Gasteiger partial charge in [-0.25, -0.2) is 0 Å². The van der Waals surface area contributed by atoms with Gasteiger partial charge in [-0.05, 0) is 12.8 Å². The van der Waals surface area contributed by atoms with Crippen molar-refractivity contribution in [3.05, 3.63) is 16.4 Å². The third-order valence-electron chi connectivity index (χ3n) is 3.83. The van der Waals surface area contributed by atoms with E-state index in [1.165, 1.54) is 43.4 Å². The van der Waals surface area contributed by atoms with Crippen LogP contribution in [0.3, 0.4) is 0 Å². The summed E-state index contributed by atoms with van der Waals surface area (Å²) in [5.74, 6) is 0. The van der Waals surface area contributed by atoms with Gasteiger partial charge in [-0.15, -0.1) is 0 Å². The number of hydrogen-bond acceptors (Lipinski definition) is 2. The molecule has 0 saturated heterocycles. The predicted octanol–water partition coefficient (Wildman–Crippen LogP) is 2.69. The summed E-state index contributed by atoms with van der Waals surface area (Å²) in [4.78, 5) is 0. The minimum atomic E-state index is 0.605. The van der Waals surface area contributed by atoms with Crippen LogP contribution >= 0.6 is 11.6 Å². The van der Waals surface area contributed by atoms with Crippen LogP contribution in [0.5, 0.6) is 0 Å². The molecule has 16 heavy (non-hydrogen) atoms. The van der Waals surface area contributed by atoms with Crippen LogP contribution < -0.4 is 5.32 Å². The van der Waals surface area contributed by atoms with Gasteiger partial charge in [0.2, 0.25) is 0 Å². The maximum absolute atomic E-state index is 6.21. The Labute approximate surface area is 101 Å². The van der Waals surface area contributed by atoms with Crippen molar-refractivity contribution in [1.29, 1.82) is 0 Å². The second kappa shape index (κ2) is 4.38. The third kappa shape index (κ3) is 1.76. The third-order valence-corrected chi connectivity index (χ3v) is 4.13. The Balaban J connectivity index is 1.93. The molecular formula is C12H18ClN3. The Bertz CT molecular complexity index is 380. The molecule has 0 atom stereocenters. The van der Waals surface area contributed by atoms with Crippen LogP contribution in [0.2, 0.25) is 5.15 Å². The van der Waals surface area contributed by atoms with Gasteiger partial charge >= 0.3 is 0 Å². The number of nitrogens with one attached hydrogen (secondary N) is 1. The summed E-state index contributed by atoms with van der Waals surface area (Å²) in [7, 11) is 0. The molecule has 1 fully saturated rings. The molecule has 3 nitrogen and oxygen atoms in total. The van der Waals surface area contributed by atoms with Crippen molar-refractivity contribution < 1.29 is 0 Å². The van der Waals surface area contributed by atoms with E-state index in [0.29, 0.717) is 11.2 Å². The van der Waals surface area contributed by atoms with E-state index in [-0.39, 0.29) is 0 Å². The molecule has 0 amide bonds. The molecule has 0 bridgehead atoms. The SMILES string of the molecule is Clc1nn(C2CCCCC2)c2c1CNCC2. The summed E-state index contributed by atoms with van der Waals surface area (Å²) in [6.45, 7) is 1.95. The van der Waals surface area contributed by atoms with E-state index in [0.717, 1.165) is 19.5 Å². The minimum Gasteiger partial charge on any atom is -0.312 e. The summed E-state index contributed by atoms with van der Waals surface area (Å²) in [5, 5.41) is 8.63. The largest absolute Gasteiger partial charge is 0.312 e. The molecule has 4 heteroatoms. The predicted molar refractivity (Wildman–Crippen MR) is 64.8 cm³/mol. The Morgan fingerprint density at radius 3 is 2.88 bits per heavy atom. The van der Waals surface area contributed by atoms with Gasteiger partial charge in [-0.3, -0.25) is 4.68 Å². The lowest BCUT2D eigenvalue weighted by Crippen LogP contribution is -2.26. The number of aromatic nitrogens is 2. The van der Waals surface area contributed by atoms with Crippen LogP contribution in [0.15, 0.2) is 0 Å². The lowest BCUT2D eigenvalue weighted by Gasteiger charge is -2.25. The smallest absolute Gasteiger partial charge is 0.155 e. The van der Waals surface area contributed by atoms with E-state index < -0.39 is 0 Å². The second-order valence-electron chi connectivity index (χ2n) is 4.88. The van der Waals surface area contributed by atoms with Gasteiger partial charge in [0, 0.05) is 30.8 Å². The first-order valence-electron chi connectivity index (χ1n) is 6.33. The van der Waals surface area contributed by atoms with Crippen LogP contribution in [0, 0.1) is 0 Å². The molecule has 0 unspecified atom stereocenters. The van der Waals surface area contributed by atoms with E-state index in [1.54, 1.807) is 0 Å². The number of nitrogens with zero attached hydrogens (tertiary/aromatic N) is 2. The minimum absolute atomic E-state index is 0.605. The molecule has 1 saturated carbocycles. The van der Waals surface area contributed by atoms with E-state index in [1.807, 2.05) is 0 Å². The van der Waals surface area contributed by atoms with Crippen molar-refractivity contribution >= 4 is 11.6 Å². The summed E-state index contributed by atoms with van der Waals surface area (Å²) >= 11 is 6.21. The van der Waals surface area contributed by atoms with Crippen molar-refractivity contribution in [3.8, 4) is 0 Å². The zero-order chi connectivity index (χ0) is 11.0. The summed E-state index contributed by atoms with van der Waals surface area (Å²) in [5.41, 5.74) is 2.62. The van der Waals surface area contributed by atoms with Crippen molar-refractivity contribution in [2.24, 2.45) is 0 Å². The second-order valence-corrected chi connectivity index (χ2v) is 5.24. The van der Waals surface area contributed by atoms with Crippen molar-refractivity contribution in [2.45, 2.75) is 51.1 Å². The topological polar surface area (TPSA) is 29.9 Å². The molecule has 1 aliphatic carbocycles.